The number of nitrogen functional groups attached to an aromatic ring is 1. The van der Waals surface area contributed by atoms with Gasteiger partial charge < -0.3 is 16.2 Å². The molecule has 7 nitrogen and oxygen atoms in total. The number of carbonyl (C=O) groups excluding carboxylic acids is 1. The zero-order chi connectivity index (χ0) is 15.5. The predicted octanol–water partition coefficient (Wildman–Crippen LogP) is 1.21. The Hall–Kier alpha value is -2.18. The number of rotatable bonds is 4. The van der Waals surface area contributed by atoms with Gasteiger partial charge >= 0.3 is 5.97 Å². The first kappa shape index (κ1) is 15.2. The van der Waals surface area contributed by atoms with Crippen molar-refractivity contribution in [3.8, 4) is 0 Å². The number of carbonyl (C=O) groups is 2. The molecule has 1 amide bonds. The fraction of sp³-hybridized carbons (Fsp3) is 0.571. The summed E-state index contributed by atoms with van der Waals surface area (Å²) in [6, 6.07) is 0. The van der Waals surface area contributed by atoms with Crippen LogP contribution >= 0.6 is 0 Å². The number of hydrogen-bond acceptors (Lipinski definition) is 5. The minimum Gasteiger partial charge on any atom is -0.480 e. The maximum atomic E-state index is 12.2. The highest BCUT2D eigenvalue weighted by molar-refractivity contribution is 5.99. The molecule has 2 rings (SSSR count). The fourth-order valence-corrected chi connectivity index (χ4v) is 2.77. The molecule has 4 N–H and O–H groups in total. The second-order valence-corrected chi connectivity index (χ2v) is 5.48. The molecule has 1 aliphatic rings. The first-order valence-corrected chi connectivity index (χ1v) is 7.11. The van der Waals surface area contributed by atoms with E-state index in [1.165, 1.54) is 12.4 Å². The van der Waals surface area contributed by atoms with Crippen molar-refractivity contribution < 1.29 is 14.7 Å². The van der Waals surface area contributed by atoms with Gasteiger partial charge in [0.15, 0.2) is 11.5 Å². The molecular formula is C14H20N4O3. The van der Waals surface area contributed by atoms with Gasteiger partial charge in [0, 0.05) is 12.4 Å². The average Bonchev–Trinajstić information content (AvgIpc) is 2.48. The minimum absolute atomic E-state index is 0.00205. The summed E-state index contributed by atoms with van der Waals surface area (Å²) in [7, 11) is 0. The molecule has 1 aromatic rings. The van der Waals surface area contributed by atoms with E-state index >= 15 is 0 Å². The zero-order valence-corrected chi connectivity index (χ0v) is 12.0. The minimum atomic E-state index is -1.23. The Balaban J connectivity index is 2.16. The van der Waals surface area contributed by atoms with Gasteiger partial charge in [-0.25, -0.2) is 14.8 Å². The molecule has 1 heterocycles. The van der Waals surface area contributed by atoms with Gasteiger partial charge in [0.1, 0.15) is 5.54 Å². The number of hydrogen-bond donors (Lipinski definition) is 3. The molecule has 1 saturated carbocycles. The third-order valence-electron chi connectivity index (χ3n) is 4.24. The maximum Gasteiger partial charge on any atom is 0.329 e. The van der Waals surface area contributed by atoms with Crippen LogP contribution in [0, 0.1) is 5.92 Å². The van der Waals surface area contributed by atoms with Crippen molar-refractivity contribution in [1.29, 1.82) is 0 Å². The SMILES string of the molecule is CCC1CCC(NC(=O)c2nccnc2N)(C(=O)O)CC1. The van der Waals surface area contributed by atoms with Crippen LogP contribution in [0.15, 0.2) is 12.4 Å². The summed E-state index contributed by atoms with van der Waals surface area (Å²) in [5.41, 5.74) is 4.35. The van der Waals surface area contributed by atoms with Crippen LogP contribution in [0.1, 0.15) is 49.5 Å². The van der Waals surface area contributed by atoms with Crippen LogP contribution < -0.4 is 11.1 Å². The van der Waals surface area contributed by atoms with E-state index in [2.05, 4.69) is 22.2 Å². The monoisotopic (exact) mass is 292 g/mol. The third kappa shape index (κ3) is 3.12. The Bertz CT molecular complexity index is 539. The van der Waals surface area contributed by atoms with Gasteiger partial charge in [0.25, 0.3) is 5.91 Å². The molecule has 0 aromatic carbocycles. The normalized spacial score (nSPS) is 25.3. The quantitative estimate of drug-likeness (QED) is 0.767. The number of nitrogens with two attached hydrogens (primary N) is 1. The number of amides is 1. The first-order valence-electron chi connectivity index (χ1n) is 7.11. The van der Waals surface area contributed by atoms with Crippen molar-refractivity contribution in [1.82, 2.24) is 15.3 Å². The van der Waals surface area contributed by atoms with Crippen molar-refractivity contribution in [3.05, 3.63) is 18.1 Å². The van der Waals surface area contributed by atoms with Crippen LogP contribution in [0.4, 0.5) is 5.82 Å². The summed E-state index contributed by atoms with van der Waals surface area (Å²) in [6.07, 6.45) is 6.19. The highest BCUT2D eigenvalue weighted by Gasteiger charge is 2.43. The number of carboxylic acid groups (broad SMARTS) is 1. The first-order chi connectivity index (χ1) is 9.98. The van der Waals surface area contributed by atoms with Gasteiger partial charge in [0.2, 0.25) is 0 Å². The smallest absolute Gasteiger partial charge is 0.329 e. The van der Waals surface area contributed by atoms with Crippen LogP contribution in [0.25, 0.3) is 0 Å². The Kier molecular flexibility index (Phi) is 4.40. The van der Waals surface area contributed by atoms with Crippen molar-refractivity contribution in [2.45, 2.75) is 44.6 Å². The van der Waals surface area contributed by atoms with Gasteiger partial charge in [-0.3, -0.25) is 4.79 Å². The molecule has 0 spiro atoms. The Morgan fingerprint density at radius 1 is 1.38 bits per heavy atom. The molecule has 0 unspecified atom stereocenters. The fourth-order valence-electron chi connectivity index (χ4n) is 2.77. The summed E-state index contributed by atoms with van der Waals surface area (Å²) in [4.78, 5) is 31.5. The molecule has 0 radical (unpaired) electrons. The summed E-state index contributed by atoms with van der Waals surface area (Å²) in [6.45, 7) is 2.09. The lowest BCUT2D eigenvalue weighted by Gasteiger charge is -2.37. The number of carboxylic acids is 1. The van der Waals surface area contributed by atoms with E-state index in [9.17, 15) is 14.7 Å². The lowest BCUT2D eigenvalue weighted by Crippen LogP contribution is -2.56. The molecule has 0 aliphatic heterocycles. The molecule has 1 aliphatic carbocycles. The van der Waals surface area contributed by atoms with Crippen LogP contribution in [0.5, 0.6) is 0 Å². The van der Waals surface area contributed by atoms with Crippen LogP contribution in [0.2, 0.25) is 0 Å². The highest BCUT2D eigenvalue weighted by Crippen LogP contribution is 2.34. The van der Waals surface area contributed by atoms with E-state index in [4.69, 9.17) is 5.73 Å². The lowest BCUT2D eigenvalue weighted by atomic mass is 9.75. The molecule has 1 fully saturated rings. The molecule has 0 saturated heterocycles. The topological polar surface area (TPSA) is 118 Å². The van der Waals surface area contributed by atoms with Crippen LogP contribution in [0.3, 0.4) is 0 Å². The number of nitrogens with one attached hydrogen (secondary N) is 1. The van der Waals surface area contributed by atoms with E-state index in [-0.39, 0.29) is 11.5 Å². The lowest BCUT2D eigenvalue weighted by molar-refractivity contribution is -0.146. The van der Waals surface area contributed by atoms with Crippen LogP contribution in [-0.2, 0) is 4.79 Å². The van der Waals surface area contributed by atoms with Crippen molar-refractivity contribution in [3.63, 3.8) is 0 Å². The van der Waals surface area contributed by atoms with Gasteiger partial charge in [-0.15, -0.1) is 0 Å². The summed E-state index contributed by atoms with van der Waals surface area (Å²) in [5.74, 6) is -1.07. The number of aromatic nitrogens is 2. The Morgan fingerprint density at radius 3 is 2.52 bits per heavy atom. The Labute approximate surface area is 123 Å². The molecule has 1 aromatic heterocycles. The van der Waals surface area contributed by atoms with Crippen molar-refractivity contribution in [2.24, 2.45) is 5.92 Å². The molecule has 7 heteroatoms. The second kappa shape index (κ2) is 6.07. The third-order valence-corrected chi connectivity index (χ3v) is 4.24. The molecular weight excluding hydrogens is 272 g/mol. The van der Waals surface area contributed by atoms with E-state index in [1.807, 2.05) is 0 Å². The second-order valence-electron chi connectivity index (χ2n) is 5.48. The molecule has 0 bridgehead atoms. The number of anilines is 1. The van der Waals surface area contributed by atoms with Gasteiger partial charge in [-0.2, -0.15) is 0 Å². The van der Waals surface area contributed by atoms with Gasteiger partial charge in [-0.1, -0.05) is 13.3 Å². The van der Waals surface area contributed by atoms with Crippen LogP contribution in [-0.4, -0.2) is 32.5 Å². The summed E-state index contributed by atoms with van der Waals surface area (Å²) in [5, 5.41) is 12.1. The molecule has 114 valence electrons. The van der Waals surface area contributed by atoms with Gasteiger partial charge in [-0.05, 0) is 31.6 Å². The van der Waals surface area contributed by atoms with Crippen molar-refractivity contribution >= 4 is 17.7 Å². The summed E-state index contributed by atoms with van der Waals surface area (Å²) < 4.78 is 0. The largest absolute Gasteiger partial charge is 0.480 e. The standard InChI is InChI=1S/C14H20N4O3/c1-2-9-3-5-14(6-4-9,13(20)21)18-12(19)10-11(15)17-8-7-16-10/h7-9H,2-6H2,1H3,(H2,15,17)(H,18,19)(H,20,21). The summed E-state index contributed by atoms with van der Waals surface area (Å²) >= 11 is 0. The van der Waals surface area contributed by atoms with E-state index < -0.39 is 17.4 Å². The number of aliphatic carboxylic acids is 1. The molecule has 0 atom stereocenters. The average molecular weight is 292 g/mol. The predicted molar refractivity (Wildman–Crippen MR) is 76.5 cm³/mol. The maximum absolute atomic E-state index is 12.2. The van der Waals surface area contributed by atoms with E-state index in [0.29, 0.717) is 18.8 Å². The van der Waals surface area contributed by atoms with E-state index in [1.54, 1.807) is 0 Å². The Morgan fingerprint density at radius 2 is 2.00 bits per heavy atom. The van der Waals surface area contributed by atoms with Crippen molar-refractivity contribution in [2.75, 3.05) is 5.73 Å². The highest BCUT2D eigenvalue weighted by atomic mass is 16.4. The van der Waals surface area contributed by atoms with Gasteiger partial charge in [0.05, 0.1) is 0 Å². The molecule has 21 heavy (non-hydrogen) atoms. The zero-order valence-electron chi connectivity index (χ0n) is 12.0. The number of nitrogens with zero attached hydrogens (tertiary/aromatic N) is 2. The van der Waals surface area contributed by atoms with E-state index in [0.717, 1.165) is 19.3 Å².